The summed E-state index contributed by atoms with van der Waals surface area (Å²) in [5.41, 5.74) is 3.85. The Kier molecular flexibility index (Phi) is 5.53. The monoisotopic (exact) mass is 550 g/mol. The van der Waals surface area contributed by atoms with Crippen LogP contribution in [0.15, 0.2) is 81.9 Å². The summed E-state index contributed by atoms with van der Waals surface area (Å²) < 4.78 is 30.4. The standard InChI is InChI=1S/C26H20BrFN4O2S/c1-33-19-12-11-14(27)13-17(19)24-21-22(16-8-4-6-10-20(16)34-24)29-25-30-26(35-2)31-32(25)23(21)15-7-3-5-9-18(15)28/h3-13,23-24H,1-2H3,(H,29,30,31)/t23-,24-/m0/s1. The summed E-state index contributed by atoms with van der Waals surface area (Å²) in [5, 5.41) is 8.79. The molecule has 0 unspecified atom stereocenters. The fourth-order valence-corrected chi connectivity index (χ4v) is 5.43. The van der Waals surface area contributed by atoms with Gasteiger partial charge in [-0.05, 0) is 42.7 Å². The number of halogens is 2. The van der Waals surface area contributed by atoms with Gasteiger partial charge in [-0.25, -0.2) is 9.07 Å². The molecule has 176 valence electrons. The number of thioether (sulfide) groups is 1. The summed E-state index contributed by atoms with van der Waals surface area (Å²) in [6.45, 7) is 0. The summed E-state index contributed by atoms with van der Waals surface area (Å²) in [6, 6.07) is 19.8. The number of rotatable bonds is 4. The zero-order valence-electron chi connectivity index (χ0n) is 18.8. The van der Waals surface area contributed by atoms with Crippen molar-refractivity contribution in [2.75, 3.05) is 18.7 Å². The number of ether oxygens (including phenoxy) is 2. The molecule has 0 amide bonds. The highest BCUT2D eigenvalue weighted by Crippen LogP contribution is 2.52. The van der Waals surface area contributed by atoms with Gasteiger partial charge in [0.1, 0.15) is 23.4 Å². The van der Waals surface area contributed by atoms with Crippen LogP contribution in [-0.2, 0) is 0 Å². The quantitative estimate of drug-likeness (QED) is 0.294. The van der Waals surface area contributed by atoms with E-state index in [4.69, 9.17) is 14.6 Å². The molecule has 0 spiro atoms. The number of hydrogen-bond acceptors (Lipinski definition) is 6. The minimum atomic E-state index is -0.585. The number of anilines is 1. The first-order valence-corrected chi connectivity index (χ1v) is 13.0. The van der Waals surface area contributed by atoms with Crippen molar-refractivity contribution >= 4 is 39.3 Å². The molecule has 1 N–H and O–H groups in total. The van der Waals surface area contributed by atoms with Gasteiger partial charge in [-0.1, -0.05) is 58.0 Å². The Morgan fingerprint density at radius 3 is 2.69 bits per heavy atom. The van der Waals surface area contributed by atoms with Crippen LogP contribution < -0.4 is 14.8 Å². The molecule has 2 aliphatic heterocycles. The zero-order valence-corrected chi connectivity index (χ0v) is 21.2. The Labute approximate surface area is 214 Å². The maximum absolute atomic E-state index is 15.4. The Bertz CT molecular complexity index is 1490. The van der Waals surface area contributed by atoms with Crippen LogP contribution in [0.1, 0.15) is 28.8 Å². The molecule has 2 atom stereocenters. The molecule has 35 heavy (non-hydrogen) atoms. The molecule has 2 aliphatic rings. The van der Waals surface area contributed by atoms with Crippen molar-refractivity contribution in [3.05, 3.63) is 99.3 Å². The van der Waals surface area contributed by atoms with E-state index >= 15 is 4.39 Å². The Morgan fingerprint density at radius 2 is 1.89 bits per heavy atom. The van der Waals surface area contributed by atoms with Crippen LogP contribution in [-0.4, -0.2) is 28.1 Å². The molecular formula is C26H20BrFN4O2S. The van der Waals surface area contributed by atoms with E-state index in [0.29, 0.717) is 22.4 Å². The normalized spacial score (nSPS) is 18.2. The lowest BCUT2D eigenvalue weighted by Crippen LogP contribution is -2.33. The molecule has 6 nitrogen and oxygen atoms in total. The largest absolute Gasteiger partial charge is 0.496 e. The number of fused-ring (bicyclic) bond motifs is 3. The number of nitrogens with one attached hydrogen (secondary N) is 1. The third-order valence-corrected chi connectivity index (χ3v) is 7.25. The summed E-state index contributed by atoms with van der Waals surface area (Å²) in [5.74, 6) is 1.62. The number of methoxy groups -OCH3 is 1. The minimum absolute atomic E-state index is 0.322. The highest BCUT2D eigenvalue weighted by atomic mass is 79.9. The van der Waals surface area contributed by atoms with Gasteiger partial charge in [0, 0.05) is 26.7 Å². The van der Waals surface area contributed by atoms with E-state index in [0.717, 1.165) is 32.6 Å². The lowest BCUT2D eigenvalue weighted by atomic mass is 9.84. The third-order valence-electron chi connectivity index (χ3n) is 6.22. The van der Waals surface area contributed by atoms with E-state index in [1.54, 1.807) is 23.9 Å². The van der Waals surface area contributed by atoms with Gasteiger partial charge >= 0.3 is 0 Å². The first-order valence-electron chi connectivity index (χ1n) is 10.9. The van der Waals surface area contributed by atoms with Crippen LogP contribution in [0.5, 0.6) is 11.5 Å². The predicted molar refractivity (Wildman–Crippen MR) is 137 cm³/mol. The molecule has 3 aromatic carbocycles. The van der Waals surface area contributed by atoms with E-state index < -0.39 is 12.1 Å². The van der Waals surface area contributed by atoms with Gasteiger partial charge in [-0.15, -0.1) is 5.10 Å². The van der Waals surface area contributed by atoms with Gasteiger partial charge in [0.05, 0.1) is 12.8 Å². The van der Waals surface area contributed by atoms with Gasteiger partial charge in [-0.3, -0.25) is 0 Å². The smallest absolute Gasteiger partial charge is 0.227 e. The molecular weight excluding hydrogens is 531 g/mol. The Balaban J connectivity index is 1.67. The summed E-state index contributed by atoms with van der Waals surface area (Å²) in [6.07, 6.45) is 1.35. The second kappa shape index (κ2) is 8.73. The van der Waals surface area contributed by atoms with Gasteiger partial charge in [0.2, 0.25) is 11.1 Å². The number of hydrogen-bond donors (Lipinski definition) is 1. The number of para-hydroxylation sites is 1. The molecule has 0 bridgehead atoms. The van der Waals surface area contributed by atoms with Crippen LogP contribution >= 0.6 is 27.7 Å². The van der Waals surface area contributed by atoms with Crippen molar-refractivity contribution in [3.8, 4) is 11.5 Å². The minimum Gasteiger partial charge on any atom is -0.496 e. The lowest BCUT2D eigenvalue weighted by Gasteiger charge is -2.39. The third kappa shape index (κ3) is 3.61. The lowest BCUT2D eigenvalue weighted by molar-refractivity contribution is 0.217. The van der Waals surface area contributed by atoms with Crippen LogP contribution in [0.25, 0.3) is 5.70 Å². The number of nitrogens with zero attached hydrogens (tertiary/aromatic N) is 3. The van der Waals surface area contributed by atoms with Crippen molar-refractivity contribution < 1.29 is 13.9 Å². The molecule has 0 saturated carbocycles. The van der Waals surface area contributed by atoms with Gasteiger partial charge in [0.25, 0.3) is 0 Å². The van der Waals surface area contributed by atoms with E-state index in [1.807, 2.05) is 54.8 Å². The van der Waals surface area contributed by atoms with E-state index in [1.165, 1.54) is 17.8 Å². The highest BCUT2D eigenvalue weighted by Gasteiger charge is 2.43. The molecule has 1 aromatic heterocycles. The van der Waals surface area contributed by atoms with Gasteiger partial charge < -0.3 is 14.8 Å². The first-order chi connectivity index (χ1) is 17.1. The molecule has 6 rings (SSSR count). The second-order valence-corrected chi connectivity index (χ2v) is 9.82. The topological polar surface area (TPSA) is 61.2 Å². The fourth-order valence-electron chi connectivity index (χ4n) is 4.71. The van der Waals surface area contributed by atoms with Crippen molar-refractivity contribution in [1.29, 1.82) is 0 Å². The van der Waals surface area contributed by atoms with Crippen LogP contribution in [0.3, 0.4) is 0 Å². The molecule has 3 heterocycles. The molecule has 0 fully saturated rings. The van der Waals surface area contributed by atoms with Gasteiger partial charge in [-0.2, -0.15) is 4.98 Å². The average molecular weight is 551 g/mol. The fraction of sp³-hybridized carbons (Fsp3) is 0.154. The molecule has 0 saturated heterocycles. The summed E-state index contributed by atoms with van der Waals surface area (Å²) in [4.78, 5) is 4.66. The molecule has 4 aromatic rings. The molecule has 0 radical (unpaired) electrons. The maximum Gasteiger partial charge on any atom is 0.227 e. The van der Waals surface area contributed by atoms with Gasteiger partial charge in [0.15, 0.2) is 6.10 Å². The summed E-state index contributed by atoms with van der Waals surface area (Å²) >= 11 is 5.02. The van der Waals surface area contributed by atoms with E-state index in [2.05, 4.69) is 26.2 Å². The van der Waals surface area contributed by atoms with Crippen LogP contribution in [0, 0.1) is 5.82 Å². The Morgan fingerprint density at radius 1 is 1.09 bits per heavy atom. The van der Waals surface area contributed by atoms with E-state index in [-0.39, 0.29) is 5.82 Å². The zero-order chi connectivity index (χ0) is 24.1. The molecule has 0 aliphatic carbocycles. The number of benzene rings is 3. The van der Waals surface area contributed by atoms with Crippen LogP contribution in [0.4, 0.5) is 10.3 Å². The molecule has 9 heteroatoms. The predicted octanol–water partition coefficient (Wildman–Crippen LogP) is 6.47. The summed E-state index contributed by atoms with van der Waals surface area (Å²) in [7, 11) is 1.63. The average Bonchev–Trinajstić information content (AvgIpc) is 3.30. The van der Waals surface area contributed by atoms with Crippen molar-refractivity contribution in [2.24, 2.45) is 0 Å². The number of aromatic nitrogens is 3. The second-order valence-electron chi connectivity index (χ2n) is 8.13. The van der Waals surface area contributed by atoms with Crippen molar-refractivity contribution in [2.45, 2.75) is 17.3 Å². The van der Waals surface area contributed by atoms with Crippen molar-refractivity contribution in [3.63, 3.8) is 0 Å². The highest BCUT2D eigenvalue weighted by molar-refractivity contribution is 9.10. The van der Waals surface area contributed by atoms with Crippen LogP contribution in [0.2, 0.25) is 0 Å². The van der Waals surface area contributed by atoms with E-state index in [9.17, 15) is 0 Å². The van der Waals surface area contributed by atoms with Crippen molar-refractivity contribution in [1.82, 2.24) is 14.8 Å². The Hall–Kier alpha value is -3.30. The maximum atomic E-state index is 15.4. The SMILES string of the molecule is COc1ccc(Br)cc1[C@@H]1Oc2ccccc2C2=C1[C@H](c1ccccc1F)n1nc(SC)nc1N2. The first kappa shape index (κ1) is 22.2.